The molecule has 0 saturated carbocycles. The Balaban J connectivity index is 1.20. The minimum absolute atomic E-state index is 0.486. The number of nitrogens with zero attached hydrogens (tertiary/aromatic N) is 5. The monoisotopic (exact) mass is 401 g/mol. The maximum absolute atomic E-state index is 5.86. The van der Waals surface area contributed by atoms with Gasteiger partial charge in [-0.2, -0.15) is 5.10 Å². The van der Waals surface area contributed by atoms with Gasteiger partial charge in [-0.15, -0.1) is 0 Å². The van der Waals surface area contributed by atoms with E-state index in [0.717, 1.165) is 36.8 Å². The molecule has 1 aromatic carbocycles. The van der Waals surface area contributed by atoms with Gasteiger partial charge in [0.15, 0.2) is 0 Å². The highest BCUT2D eigenvalue weighted by molar-refractivity contribution is 5.83. The molecule has 0 aliphatic carbocycles. The molecule has 2 aromatic heterocycles. The third kappa shape index (κ3) is 4.24. The molecule has 6 nitrogen and oxygen atoms in total. The van der Waals surface area contributed by atoms with Crippen LogP contribution in [0.3, 0.4) is 0 Å². The van der Waals surface area contributed by atoms with Gasteiger partial charge in [-0.25, -0.2) is 0 Å². The van der Waals surface area contributed by atoms with E-state index in [-0.39, 0.29) is 0 Å². The zero-order chi connectivity index (χ0) is 20.2. The Bertz CT molecular complexity index is 1050. The van der Waals surface area contributed by atoms with Gasteiger partial charge >= 0.3 is 0 Å². The summed E-state index contributed by atoms with van der Waals surface area (Å²) in [6.07, 6.45) is 12.6. The Hall–Kier alpha value is -3.12. The maximum atomic E-state index is 5.86. The van der Waals surface area contributed by atoms with Crippen LogP contribution in [-0.2, 0) is 17.9 Å². The minimum atomic E-state index is 0.486. The van der Waals surface area contributed by atoms with E-state index in [4.69, 9.17) is 4.74 Å². The molecule has 3 aromatic rings. The third-order valence-electron chi connectivity index (χ3n) is 5.80. The number of allylic oxidation sites excluding steroid dienone is 1. The first-order valence-corrected chi connectivity index (χ1v) is 10.7. The van der Waals surface area contributed by atoms with Crippen LogP contribution in [-0.4, -0.2) is 45.8 Å². The Kier molecular flexibility index (Phi) is 5.48. The highest BCUT2D eigenvalue weighted by Crippen LogP contribution is 2.24. The van der Waals surface area contributed by atoms with Gasteiger partial charge in [0, 0.05) is 36.6 Å². The van der Waals surface area contributed by atoms with Gasteiger partial charge in [0.2, 0.25) is 0 Å². The number of rotatable bonds is 7. The lowest BCUT2D eigenvalue weighted by atomic mass is 10.2. The summed E-state index contributed by atoms with van der Waals surface area (Å²) in [7, 11) is 0. The summed E-state index contributed by atoms with van der Waals surface area (Å²) >= 11 is 0. The quantitative estimate of drug-likeness (QED) is 0.600. The van der Waals surface area contributed by atoms with Crippen molar-refractivity contribution in [1.82, 2.24) is 19.7 Å². The summed E-state index contributed by atoms with van der Waals surface area (Å²) < 4.78 is 8.00. The van der Waals surface area contributed by atoms with E-state index in [0.29, 0.717) is 6.61 Å². The molecule has 30 heavy (non-hydrogen) atoms. The fourth-order valence-corrected chi connectivity index (χ4v) is 4.09. The molecule has 0 bridgehead atoms. The van der Waals surface area contributed by atoms with Gasteiger partial charge in [-0.1, -0.05) is 6.07 Å². The van der Waals surface area contributed by atoms with Gasteiger partial charge in [0.1, 0.15) is 12.4 Å². The number of aromatic nitrogens is 3. The molecule has 2 aliphatic heterocycles. The maximum Gasteiger partial charge on any atom is 0.130 e. The van der Waals surface area contributed by atoms with Crippen LogP contribution in [0, 0.1) is 0 Å². The molecule has 1 fully saturated rings. The second-order valence-corrected chi connectivity index (χ2v) is 7.84. The number of anilines is 1. The molecule has 5 rings (SSSR count). The predicted octanol–water partition coefficient (Wildman–Crippen LogP) is 3.96. The van der Waals surface area contributed by atoms with Crippen molar-refractivity contribution < 1.29 is 4.74 Å². The lowest BCUT2D eigenvalue weighted by molar-refractivity contribution is 0.206. The molecule has 0 radical (unpaired) electrons. The van der Waals surface area contributed by atoms with Crippen molar-refractivity contribution in [2.75, 3.05) is 31.1 Å². The smallest absolute Gasteiger partial charge is 0.130 e. The number of pyridine rings is 1. The van der Waals surface area contributed by atoms with Crippen LogP contribution < -0.4 is 4.90 Å². The van der Waals surface area contributed by atoms with E-state index < -0.39 is 0 Å². The summed E-state index contributed by atoms with van der Waals surface area (Å²) in [5.74, 6) is 0.882. The lowest BCUT2D eigenvalue weighted by Crippen LogP contribution is -2.24. The average molecular weight is 402 g/mol. The predicted molar refractivity (Wildman–Crippen MR) is 119 cm³/mol. The Morgan fingerprint density at radius 1 is 1.03 bits per heavy atom. The van der Waals surface area contributed by atoms with Crippen LogP contribution in [0.2, 0.25) is 0 Å². The number of fused-ring (bicyclic) bond motifs is 1. The molecule has 4 heterocycles. The number of hydrogen-bond donors (Lipinski definition) is 0. The Labute approximate surface area is 177 Å². The Morgan fingerprint density at radius 3 is 2.77 bits per heavy atom. The number of ether oxygens (including phenoxy) is 1. The van der Waals surface area contributed by atoms with Gasteiger partial charge in [0.05, 0.1) is 24.0 Å². The van der Waals surface area contributed by atoms with Crippen molar-refractivity contribution in [3.63, 3.8) is 0 Å². The van der Waals surface area contributed by atoms with E-state index in [1.807, 2.05) is 30.5 Å². The number of likely N-dealkylation sites (tertiary alicyclic amines) is 1. The van der Waals surface area contributed by atoms with E-state index in [1.165, 1.54) is 36.8 Å². The summed E-state index contributed by atoms with van der Waals surface area (Å²) in [6.45, 7) is 5.76. The van der Waals surface area contributed by atoms with Crippen LogP contribution >= 0.6 is 0 Å². The summed E-state index contributed by atoms with van der Waals surface area (Å²) in [6, 6.07) is 12.4. The fourth-order valence-electron chi connectivity index (χ4n) is 4.09. The highest BCUT2D eigenvalue weighted by atomic mass is 16.5. The van der Waals surface area contributed by atoms with Crippen molar-refractivity contribution in [3.8, 4) is 0 Å². The first kappa shape index (κ1) is 18.9. The largest absolute Gasteiger partial charge is 0.488 e. The minimum Gasteiger partial charge on any atom is -0.488 e. The van der Waals surface area contributed by atoms with E-state index in [2.05, 4.69) is 55.0 Å². The van der Waals surface area contributed by atoms with E-state index in [9.17, 15) is 0 Å². The van der Waals surface area contributed by atoms with Crippen molar-refractivity contribution in [2.45, 2.75) is 26.0 Å². The fraction of sp³-hybridized carbons (Fsp3) is 0.333. The van der Waals surface area contributed by atoms with E-state index >= 15 is 0 Å². The molecule has 2 aliphatic rings. The van der Waals surface area contributed by atoms with Crippen LogP contribution in [0.15, 0.2) is 72.9 Å². The van der Waals surface area contributed by atoms with Gasteiger partial charge in [0.25, 0.3) is 0 Å². The molecular weight excluding hydrogens is 374 g/mol. The second-order valence-electron chi connectivity index (χ2n) is 7.84. The van der Waals surface area contributed by atoms with Crippen LogP contribution in [0.4, 0.5) is 5.69 Å². The zero-order valence-electron chi connectivity index (χ0n) is 17.2. The first-order valence-electron chi connectivity index (χ1n) is 10.7. The second kappa shape index (κ2) is 8.71. The molecule has 0 unspecified atom stereocenters. The first-order chi connectivity index (χ1) is 14.8. The molecule has 1 saturated heterocycles. The van der Waals surface area contributed by atoms with Crippen LogP contribution in [0.5, 0.6) is 0 Å². The van der Waals surface area contributed by atoms with Gasteiger partial charge in [-0.05, 0) is 68.4 Å². The standard InChI is InChI=1S/C24H27N5O/c1-2-10-25-21(5-1)19-30-23-8-13-28(14-9-23)22-6-7-24-20(17-22)18-26-29(24)16-15-27-11-3-4-12-27/h1-2,5-10,13,17-18H,3-4,11-12,14-16,19H2. The molecule has 0 spiro atoms. The van der Waals surface area contributed by atoms with Gasteiger partial charge in [-0.3, -0.25) is 9.67 Å². The SMILES string of the molecule is C1=CN(c2ccc3c(cnn3CCN3CCCC3)c2)CC=C1OCc1ccccn1. The molecule has 6 heteroatoms. The number of benzene rings is 1. The molecular formula is C24H27N5O. The van der Waals surface area contributed by atoms with Crippen molar-refractivity contribution >= 4 is 16.6 Å². The number of hydrogen-bond acceptors (Lipinski definition) is 5. The topological polar surface area (TPSA) is 46.4 Å². The van der Waals surface area contributed by atoms with E-state index in [1.54, 1.807) is 6.20 Å². The average Bonchev–Trinajstić information content (AvgIpc) is 3.47. The molecule has 154 valence electrons. The molecule has 0 N–H and O–H groups in total. The van der Waals surface area contributed by atoms with Gasteiger partial charge < -0.3 is 14.5 Å². The molecule has 0 atom stereocenters. The molecule has 0 amide bonds. The zero-order valence-corrected chi connectivity index (χ0v) is 17.2. The third-order valence-corrected chi connectivity index (χ3v) is 5.80. The van der Waals surface area contributed by atoms with Crippen LogP contribution in [0.1, 0.15) is 18.5 Å². The Morgan fingerprint density at radius 2 is 1.97 bits per heavy atom. The van der Waals surface area contributed by atoms with Crippen molar-refractivity contribution in [1.29, 1.82) is 0 Å². The van der Waals surface area contributed by atoms with Crippen molar-refractivity contribution in [2.24, 2.45) is 0 Å². The lowest BCUT2D eigenvalue weighted by Gasteiger charge is -2.23. The summed E-state index contributed by atoms with van der Waals surface area (Å²) in [5, 5.41) is 5.81. The normalized spacial score (nSPS) is 16.9. The summed E-state index contributed by atoms with van der Waals surface area (Å²) in [5.41, 5.74) is 3.30. The van der Waals surface area contributed by atoms with Crippen molar-refractivity contribution in [3.05, 3.63) is 78.6 Å². The van der Waals surface area contributed by atoms with Crippen LogP contribution in [0.25, 0.3) is 10.9 Å². The highest BCUT2D eigenvalue weighted by Gasteiger charge is 2.13. The summed E-state index contributed by atoms with van der Waals surface area (Å²) in [4.78, 5) is 9.04.